The Morgan fingerprint density at radius 2 is 1.92 bits per heavy atom. The van der Waals surface area contributed by atoms with Gasteiger partial charge in [-0.05, 0) is 34.2 Å². The predicted molar refractivity (Wildman–Crippen MR) is 58.0 cm³/mol. The third-order valence-electron chi connectivity index (χ3n) is 3.68. The third kappa shape index (κ3) is 2.23. The fourth-order valence-electron chi connectivity index (χ4n) is 2.01. The van der Waals surface area contributed by atoms with Crippen LogP contribution in [0.4, 0.5) is 0 Å². The Bertz CT molecular complexity index is 167. The maximum atomic E-state index is 2.59. The lowest BCUT2D eigenvalue weighted by atomic mass is 9.93. The average Bonchev–Trinajstić information content (AvgIpc) is 2.09. The van der Waals surface area contributed by atoms with E-state index in [9.17, 15) is 0 Å². The lowest BCUT2D eigenvalue weighted by Gasteiger charge is -2.48. The van der Waals surface area contributed by atoms with E-state index in [0.717, 1.165) is 0 Å². The van der Waals surface area contributed by atoms with Crippen LogP contribution in [0.25, 0.3) is 0 Å². The van der Waals surface area contributed by atoms with Crippen molar-refractivity contribution in [2.45, 2.75) is 45.7 Å². The zero-order valence-electron chi connectivity index (χ0n) is 9.80. The molecule has 0 aromatic carbocycles. The lowest BCUT2D eigenvalue weighted by molar-refractivity contribution is 0.0108. The molecular weight excluding hydrogens is 160 g/mol. The van der Waals surface area contributed by atoms with Crippen LogP contribution in [0.5, 0.6) is 0 Å². The summed E-state index contributed by atoms with van der Waals surface area (Å²) < 4.78 is 0. The molecule has 1 heterocycles. The first-order valence-electron chi connectivity index (χ1n) is 5.45. The second kappa shape index (κ2) is 3.97. The largest absolute Gasteiger partial charge is 0.298 e. The van der Waals surface area contributed by atoms with Crippen LogP contribution in [0.1, 0.15) is 34.1 Å². The molecule has 2 nitrogen and oxygen atoms in total. The van der Waals surface area contributed by atoms with Crippen LogP contribution in [-0.4, -0.2) is 48.1 Å². The summed E-state index contributed by atoms with van der Waals surface area (Å²) in [6.07, 6.45) is 1.24. The van der Waals surface area contributed by atoms with Gasteiger partial charge in [-0.1, -0.05) is 6.92 Å². The SMILES string of the molecule is CCC1(C)CN(C(C)C)CCN1C. The highest BCUT2D eigenvalue weighted by molar-refractivity contribution is 4.91. The van der Waals surface area contributed by atoms with Crippen molar-refractivity contribution in [3.8, 4) is 0 Å². The Morgan fingerprint density at radius 1 is 1.31 bits per heavy atom. The van der Waals surface area contributed by atoms with Gasteiger partial charge in [0.1, 0.15) is 0 Å². The normalized spacial score (nSPS) is 32.8. The molecule has 0 amide bonds. The second-order valence-corrected chi connectivity index (χ2v) is 4.84. The van der Waals surface area contributed by atoms with Gasteiger partial charge in [0.25, 0.3) is 0 Å². The van der Waals surface area contributed by atoms with Gasteiger partial charge in [0.15, 0.2) is 0 Å². The summed E-state index contributed by atoms with van der Waals surface area (Å²) in [5.74, 6) is 0. The van der Waals surface area contributed by atoms with Crippen molar-refractivity contribution < 1.29 is 0 Å². The van der Waals surface area contributed by atoms with Gasteiger partial charge in [0.05, 0.1) is 0 Å². The molecule has 1 saturated heterocycles. The molecule has 1 atom stereocenters. The van der Waals surface area contributed by atoms with E-state index in [4.69, 9.17) is 0 Å². The molecule has 0 aromatic heterocycles. The predicted octanol–water partition coefficient (Wildman–Crippen LogP) is 1.81. The van der Waals surface area contributed by atoms with E-state index < -0.39 is 0 Å². The van der Waals surface area contributed by atoms with Gasteiger partial charge in [0, 0.05) is 31.2 Å². The van der Waals surface area contributed by atoms with E-state index >= 15 is 0 Å². The molecule has 1 rings (SSSR count). The number of rotatable bonds is 2. The topological polar surface area (TPSA) is 6.48 Å². The zero-order chi connectivity index (χ0) is 10.1. The summed E-state index contributed by atoms with van der Waals surface area (Å²) in [5.41, 5.74) is 0.391. The Hall–Kier alpha value is -0.0800. The number of hydrogen-bond donors (Lipinski definition) is 0. The summed E-state index contributed by atoms with van der Waals surface area (Å²) in [4.78, 5) is 5.09. The smallest absolute Gasteiger partial charge is 0.0303 e. The number of piperazine rings is 1. The maximum absolute atomic E-state index is 2.59. The van der Waals surface area contributed by atoms with Crippen LogP contribution in [0.3, 0.4) is 0 Å². The Morgan fingerprint density at radius 3 is 2.38 bits per heavy atom. The molecule has 0 saturated carbocycles. The molecule has 0 bridgehead atoms. The van der Waals surface area contributed by atoms with Gasteiger partial charge in [-0.2, -0.15) is 0 Å². The van der Waals surface area contributed by atoms with Gasteiger partial charge < -0.3 is 0 Å². The first-order valence-corrected chi connectivity index (χ1v) is 5.45. The monoisotopic (exact) mass is 184 g/mol. The minimum Gasteiger partial charge on any atom is -0.298 e. The minimum absolute atomic E-state index is 0.391. The molecule has 0 spiro atoms. The zero-order valence-corrected chi connectivity index (χ0v) is 9.80. The number of nitrogens with zero attached hydrogens (tertiary/aromatic N) is 2. The molecule has 1 aliphatic heterocycles. The second-order valence-electron chi connectivity index (χ2n) is 4.84. The molecule has 0 N–H and O–H groups in total. The van der Waals surface area contributed by atoms with Gasteiger partial charge in [0.2, 0.25) is 0 Å². The van der Waals surface area contributed by atoms with Crippen LogP contribution in [0.2, 0.25) is 0 Å². The fourth-order valence-corrected chi connectivity index (χ4v) is 2.01. The molecule has 1 unspecified atom stereocenters. The van der Waals surface area contributed by atoms with Crippen LogP contribution < -0.4 is 0 Å². The maximum Gasteiger partial charge on any atom is 0.0303 e. The molecule has 0 aromatic rings. The van der Waals surface area contributed by atoms with Crippen LogP contribution in [-0.2, 0) is 0 Å². The average molecular weight is 184 g/mol. The Labute approximate surface area is 82.9 Å². The molecule has 1 aliphatic rings. The van der Waals surface area contributed by atoms with E-state index in [1.54, 1.807) is 0 Å². The highest BCUT2D eigenvalue weighted by Gasteiger charge is 2.34. The van der Waals surface area contributed by atoms with Crippen molar-refractivity contribution in [2.24, 2.45) is 0 Å². The van der Waals surface area contributed by atoms with Crippen molar-refractivity contribution in [1.82, 2.24) is 9.80 Å². The van der Waals surface area contributed by atoms with E-state index in [1.807, 2.05) is 0 Å². The van der Waals surface area contributed by atoms with E-state index in [0.29, 0.717) is 11.6 Å². The van der Waals surface area contributed by atoms with Gasteiger partial charge in [-0.15, -0.1) is 0 Å². The van der Waals surface area contributed by atoms with Crippen LogP contribution in [0.15, 0.2) is 0 Å². The molecule has 78 valence electrons. The Kier molecular flexibility index (Phi) is 3.36. The van der Waals surface area contributed by atoms with Crippen molar-refractivity contribution in [3.63, 3.8) is 0 Å². The number of likely N-dealkylation sites (N-methyl/N-ethyl adjacent to an activating group) is 1. The van der Waals surface area contributed by atoms with Crippen LogP contribution in [0, 0.1) is 0 Å². The van der Waals surface area contributed by atoms with E-state index in [1.165, 1.54) is 26.1 Å². The molecular formula is C11H24N2. The summed E-state index contributed by atoms with van der Waals surface area (Å²) in [7, 11) is 2.25. The van der Waals surface area contributed by atoms with Gasteiger partial charge in [-0.3, -0.25) is 9.80 Å². The summed E-state index contributed by atoms with van der Waals surface area (Å²) in [5, 5.41) is 0. The highest BCUT2D eigenvalue weighted by atomic mass is 15.3. The fraction of sp³-hybridized carbons (Fsp3) is 1.00. The van der Waals surface area contributed by atoms with Gasteiger partial charge >= 0.3 is 0 Å². The summed E-state index contributed by atoms with van der Waals surface area (Å²) in [6.45, 7) is 12.9. The van der Waals surface area contributed by atoms with E-state index in [2.05, 4.69) is 44.5 Å². The minimum atomic E-state index is 0.391. The molecule has 13 heavy (non-hydrogen) atoms. The standard InChI is InChI=1S/C11H24N2/c1-6-11(4)9-13(10(2)3)8-7-12(11)5/h10H,6-9H2,1-5H3. The van der Waals surface area contributed by atoms with Crippen molar-refractivity contribution in [2.75, 3.05) is 26.7 Å². The first kappa shape index (κ1) is 11.0. The third-order valence-corrected chi connectivity index (χ3v) is 3.68. The molecule has 0 aliphatic carbocycles. The molecule has 1 fully saturated rings. The molecule has 2 heteroatoms. The van der Waals surface area contributed by atoms with Crippen molar-refractivity contribution in [1.29, 1.82) is 0 Å². The van der Waals surface area contributed by atoms with Crippen LogP contribution >= 0.6 is 0 Å². The van der Waals surface area contributed by atoms with E-state index in [-0.39, 0.29) is 0 Å². The lowest BCUT2D eigenvalue weighted by Crippen LogP contribution is -2.60. The summed E-state index contributed by atoms with van der Waals surface area (Å²) >= 11 is 0. The highest BCUT2D eigenvalue weighted by Crippen LogP contribution is 2.23. The number of hydrogen-bond acceptors (Lipinski definition) is 2. The Balaban J connectivity index is 2.63. The van der Waals surface area contributed by atoms with Crippen molar-refractivity contribution >= 4 is 0 Å². The first-order chi connectivity index (χ1) is 5.99. The quantitative estimate of drug-likeness (QED) is 0.646. The molecule has 0 radical (unpaired) electrons. The van der Waals surface area contributed by atoms with Crippen molar-refractivity contribution in [3.05, 3.63) is 0 Å². The summed E-state index contributed by atoms with van der Waals surface area (Å²) in [6, 6.07) is 0.694. The van der Waals surface area contributed by atoms with Gasteiger partial charge in [-0.25, -0.2) is 0 Å².